The molecule has 2 aromatic rings. The van der Waals surface area contributed by atoms with Crippen LogP contribution in [0.1, 0.15) is 28.3 Å². The summed E-state index contributed by atoms with van der Waals surface area (Å²) in [6.45, 7) is 0. The third-order valence-corrected chi connectivity index (χ3v) is 5.56. The van der Waals surface area contributed by atoms with Crippen molar-refractivity contribution in [3.05, 3.63) is 64.7 Å². The monoisotopic (exact) mass is 407 g/mol. The Hall–Kier alpha value is -1.85. The number of nitrogens with one attached hydrogen (secondary N) is 1. The minimum absolute atomic E-state index is 0.0885. The first-order valence-electron chi connectivity index (χ1n) is 7.38. The summed E-state index contributed by atoms with van der Waals surface area (Å²) in [7, 11) is 1.33. The summed E-state index contributed by atoms with van der Waals surface area (Å²) in [5.74, 6) is -0.433. The molecule has 6 heteroatoms. The number of halogens is 2. The topological polar surface area (TPSA) is 55.4 Å². The molecular formula is C18H15BrClNO3. The maximum atomic E-state index is 12.6. The number of rotatable bonds is 4. The quantitative estimate of drug-likeness (QED) is 0.603. The molecule has 0 unspecified atom stereocenters. The maximum Gasteiger partial charge on any atom is 0.337 e. The van der Waals surface area contributed by atoms with E-state index in [1.54, 1.807) is 24.3 Å². The Labute approximate surface area is 153 Å². The average Bonchev–Trinajstić information content (AvgIpc) is 3.28. The van der Waals surface area contributed by atoms with Crippen molar-refractivity contribution in [1.82, 2.24) is 0 Å². The number of ether oxygens (including phenoxy) is 1. The van der Waals surface area contributed by atoms with E-state index in [0.717, 1.165) is 5.56 Å². The van der Waals surface area contributed by atoms with Crippen LogP contribution in [0.25, 0.3) is 0 Å². The van der Waals surface area contributed by atoms with Gasteiger partial charge in [0.1, 0.15) is 4.32 Å². The van der Waals surface area contributed by atoms with Crippen LogP contribution < -0.4 is 5.32 Å². The third-order valence-electron chi connectivity index (χ3n) is 4.09. The molecule has 124 valence electrons. The highest BCUT2D eigenvalue weighted by atomic mass is 79.9. The molecule has 4 nitrogen and oxygen atoms in total. The van der Waals surface area contributed by atoms with Crippen LogP contribution in [0.15, 0.2) is 48.5 Å². The molecule has 1 aliphatic rings. The molecule has 0 radical (unpaired) electrons. The molecule has 1 N–H and O–H groups in total. The van der Waals surface area contributed by atoms with Gasteiger partial charge in [-0.2, -0.15) is 0 Å². The Balaban J connectivity index is 1.68. The third kappa shape index (κ3) is 3.32. The second-order valence-corrected chi connectivity index (χ2v) is 7.55. The largest absolute Gasteiger partial charge is 0.465 e. The average molecular weight is 409 g/mol. The summed E-state index contributed by atoms with van der Waals surface area (Å²) < 4.78 is 4.02. The van der Waals surface area contributed by atoms with E-state index in [1.807, 2.05) is 24.3 Å². The van der Waals surface area contributed by atoms with Crippen molar-refractivity contribution in [1.29, 1.82) is 0 Å². The molecule has 0 saturated heterocycles. The summed E-state index contributed by atoms with van der Waals surface area (Å²) in [5, 5.41) is 3.53. The Bertz CT molecular complexity index is 793. The van der Waals surface area contributed by atoms with E-state index in [4.69, 9.17) is 11.6 Å². The van der Waals surface area contributed by atoms with Crippen LogP contribution in [0, 0.1) is 0 Å². The standard InChI is InChI=1S/C18H15BrClNO3/c1-24-16(22)11-5-7-14(8-6-11)21-17(23)18(19)10-15(18)12-3-2-4-13(20)9-12/h2-9,15H,10H2,1H3,(H,21,23)/t15-,18-/m0/s1. The molecule has 0 aromatic heterocycles. The van der Waals surface area contributed by atoms with Crippen molar-refractivity contribution in [2.24, 2.45) is 0 Å². The van der Waals surface area contributed by atoms with Crippen molar-refractivity contribution in [3.8, 4) is 0 Å². The van der Waals surface area contributed by atoms with Crippen molar-refractivity contribution in [3.63, 3.8) is 0 Å². The Morgan fingerprint density at radius 2 is 1.96 bits per heavy atom. The normalized spacial score (nSPS) is 21.9. The fraction of sp³-hybridized carbons (Fsp3) is 0.222. The number of benzene rings is 2. The van der Waals surface area contributed by atoms with Crippen molar-refractivity contribution < 1.29 is 14.3 Å². The lowest BCUT2D eigenvalue weighted by atomic mass is 10.1. The second kappa shape index (κ2) is 6.57. The SMILES string of the molecule is COC(=O)c1ccc(NC(=O)[C@]2(Br)C[C@H]2c2cccc(Cl)c2)cc1. The van der Waals surface area contributed by atoms with Gasteiger partial charge in [0.25, 0.3) is 0 Å². The maximum absolute atomic E-state index is 12.6. The van der Waals surface area contributed by atoms with Gasteiger partial charge >= 0.3 is 5.97 Å². The molecular weight excluding hydrogens is 394 g/mol. The van der Waals surface area contributed by atoms with Gasteiger partial charge in [-0.05, 0) is 48.4 Å². The first-order chi connectivity index (χ1) is 11.4. The van der Waals surface area contributed by atoms with E-state index in [0.29, 0.717) is 22.7 Å². The van der Waals surface area contributed by atoms with Crippen molar-refractivity contribution in [2.75, 3.05) is 12.4 Å². The molecule has 0 heterocycles. The van der Waals surface area contributed by atoms with Gasteiger partial charge in [0.2, 0.25) is 5.91 Å². The Morgan fingerprint density at radius 1 is 1.25 bits per heavy atom. The second-order valence-electron chi connectivity index (χ2n) is 5.70. The highest BCUT2D eigenvalue weighted by molar-refractivity contribution is 9.10. The van der Waals surface area contributed by atoms with Gasteiger partial charge in [-0.15, -0.1) is 0 Å². The highest BCUT2D eigenvalue weighted by Gasteiger charge is 2.58. The molecule has 1 saturated carbocycles. The van der Waals surface area contributed by atoms with E-state index in [2.05, 4.69) is 26.0 Å². The molecule has 1 aliphatic carbocycles. The van der Waals surface area contributed by atoms with Crippen LogP contribution in [-0.4, -0.2) is 23.3 Å². The van der Waals surface area contributed by atoms with Crippen LogP contribution in [0.3, 0.4) is 0 Å². The van der Waals surface area contributed by atoms with Crippen molar-refractivity contribution >= 4 is 45.1 Å². The van der Waals surface area contributed by atoms with Crippen LogP contribution >= 0.6 is 27.5 Å². The Kier molecular flexibility index (Phi) is 4.65. The zero-order valence-electron chi connectivity index (χ0n) is 12.9. The number of amides is 1. The van der Waals surface area contributed by atoms with Gasteiger partial charge < -0.3 is 10.1 Å². The smallest absolute Gasteiger partial charge is 0.337 e. The van der Waals surface area contributed by atoms with Gasteiger partial charge in [0.15, 0.2) is 0 Å². The zero-order chi connectivity index (χ0) is 17.3. The van der Waals surface area contributed by atoms with Gasteiger partial charge in [-0.3, -0.25) is 4.79 Å². The van der Waals surface area contributed by atoms with Crippen LogP contribution in [0.5, 0.6) is 0 Å². The lowest BCUT2D eigenvalue weighted by Gasteiger charge is -2.11. The first kappa shape index (κ1) is 17.0. The molecule has 0 bridgehead atoms. The molecule has 0 spiro atoms. The highest BCUT2D eigenvalue weighted by Crippen LogP contribution is 2.58. The number of esters is 1. The molecule has 2 atom stereocenters. The summed E-state index contributed by atoms with van der Waals surface area (Å²) in [6, 6.07) is 14.1. The summed E-state index contributed by atoms with van der Waals surface area (Å²) in [4.78, 5) is 24.0. The summed E-state index contributed by atoms with van der Waals surface area (Å²) in [5.41, 5.74) is 2.10. The molecule has 3 rings (SSSR count). The minimum atomic E-state index is -0.626. The number of methoxy groups -OCH3 is 1. The van der Waals surface area contributed by atoms with E-state index in [9.17, 15) is 9.59 Å². The zero-order valence-corrected chi connectivity index (χ0v) is 15.2. The first-order valence-corrected chi connectivity index (χ1v) is 8.55. The van der Waals surface area contributed by atoms with Gasteiger partial charge in [0, 0.05) is 16.6 Å². The molecule has 1 fully saturated rings. The fourth-order valence-corrected chi connectivity index (χ4v) is 3.52. The van der Waals surface area contributed by atoms with E-state index < -0.39 is 10.3 Å². The number of carbonyl (C=O) groups is 2. The fourth-order valence-electron chi connectivity index (χ4n) is 2.64. The van der Waals surface area contributed by atoms with Crippen molar-refractivity contribution in [2.45, 2.75) is 16.7 Å². The van der Waals surface area contributed by atoms with E-state index in [1.165, 1.54) is 7.11 Å². The van der Waals surface area contributed by atoms with Crippen LogP contribution in [-0.2, 0) is 9.53 Å². The molecule has 0 aliphatic heterocycles. The Morgan fingerprint density at radius 3 is 2.58 bits per heavy atom. The molecule has 24 heavy (non-hydrogen) atoms. The minimum Gasteiger partial charge on any atom is -0.465 e. The van der Waals surface area contributed by atoms with Gasteiger partial charge in [-0.25, -0.2) is 4.79 Å². The predicted molar refractivity (Wildman–Crippen MR) is 96.9 cm³/mol. The summed E-state index contributed by atoms with van der Waals surface area (Å²) >= 11 is 9.58. The van der Waals surface area contributed by atoms with Crippen LogP contribution in [0.2, 0.25) is 5.02 Å². The predicted octanol–water partition coefficient (Wildman–Crippen LogP) is 4.39. The van der Waals surface area contributed by atoms with Crippen LogP contribution in [0.4, 0.5) is 5.69 Å². The van der Waals surface area contributed by atoms with Gasteiger partial charge in [0.05, 0.1) is 12.7 Å². The molecule has 2 aromatic carbocycles. The number of hydrogen-bond donors (Lipinski definition) is 1. The summed E-state index contributed by atoms with van der Waals surface area (Å²) in [6.07, 6.45) is 0.708. The number of hydrogen-bond acceptors (Lipinski definition) is 3. The van der Waals surface area contributed by atoms with E-state index in [-0.39, 0.29) is 11.8 Å². The number of alkyl halides is 1. The van der Waals surface area contributed by atoms with E-state index >= 15 is 0 Å². The lowest BCUT2D eigenvalue weighted by Crippen LogP contribution is -2.25. The number of anilines is 1. The lowest BCUT2D eigenvalue weighted by molar-refractivity contribution is -0.116. The molecule has 1 amide bonds. The van der Waals surface area contributed by atoms with Gasteiger partial charge in [-0.1, -0.05) is 39.7 Å². The number of carbonyl (C=O) groups excluding carboxylic acids is 2.